The van der Waals surface area contributed by atoms with Crippen LogP contribution in [0.2, 0.25) is 0 Å². The van der Waals surface area contributed by atoms with Crippen LogP contribution in [0.25, 0.3) is 10.9 Å². The fourth-order valence-electron chi connectivity index (χ4n) is 1.62. The normalized spacial score (nSPS) is 10.4. The van der Waals surface area contributed by atoms with Gasteiger partial charge in [-0.3, -0.25) is 0 Å². The molecular weight excluding hydrogens is 240 g/mol. The Morgan fingerprint density at radius 3 is 2.93 bits per heavy atom. The first-order chi connectivity index (χ1) is 6.76. The molecule has 0 radical (unpaired) electrons. The summed E-state index contributed by atoms with van der Waals surface area (Å²) >= 11 is 3.43. The molecule has 2 rings (SSSR count). The summed E-state index contributed by atoms with van der Waals surface area (Å²) in [6.45, 7) is 2.95. The second-order valence-corrected chi connectivity index (χ2v) is 4.02. The van der Waals surface area contributed by atoms with Crippen LogP contribution in [0.1, 0.15) is 12.5 Å². The molecule has 0 aliphatic rings. The van der Waals surface area contributed by atoms with Crippen molar-refractivity contribution in [2.24, 2.45) is 0 Å². The van der Waals surface area contributed by atoms with E-state index in [9.17, 15) is 0 Å². The molecule has 2 aromatic rings. The summed E-state index contributed by atoms with van der Waals surface area (Å²) in [5.74, 6) is 0. The van der Waals surface area contributed by atoms with Crippen LogP contribution < -0.4 is 0 Å². The number of nitriles is 1. The average molecular weight is 249 g/mol. The van der Waals surface area contributed by atoms with E-state index in [0.717, 1.165) is 27.5 Å². The second kappa shape index (κ2) is 3.47. The lowest BCUT2D eigenvalue weighted by Gasteiger charge is -1.99. The van der Waals surface area contributed by atoms with Crippen molar-refractivity contribution in [1.29, 1.82) is 5.26 Å². The highest BCUT2D eigenvalue weighted by atomic mass is 79.9. The van der Waals surface area contributed by atoms with Crippen molar-refractivity contribution in [2.45, 2.75) is 13.5 Å². The quantitative estimate of drug-likeness (QED) is 0.762. The van der Waals surface area contributed by atoms with E-state index < -0.39 is 0 Å². The first-order valence-corrected chi connectivity index (χ1v) is 5.24. The Balaban J connectivity index is 2.84. The Morgan fingerprint density at radius 1 is 1.50 bits per heavy atom. The summed E-state index contributed by atoms with van der Waals surface area (Å²) in [5, 5.41) is 9.96. The van der Waals surface area contributed by atoms with Crippen LogP contribution in [0.5, 0.6) is 0 Å². The monoisotopic (exact) mass is 248 g/mol. The minimum absolute atomic E-state index is 0.745. The minimum Gasteiger partial charge on any atom is -0.346 e. The number of hydrogen-bond donors (Lipinski definition) is 0. The predicted octanol–water partition coefficient (Wildman–Crippen LogP) is 3.30. The molecule has 2 nitrogen and oxygen atoms in total. The fraction of sp³-hybridized carbons (Fsp3) is 0.182. The van der Waals surface area contributed by atoms with Gasteiger partial charge in [-0.05, 0) is 19.1 Å². The largest absolute Gasteiger partial charge is 0.346 e. The molecule has 0 spiro atoms. The van der Waals surface area contributed by atoms with Crippen LogP contribution >= 0.6 is 15.9 Å². The van der Waals surface area contributed by atoms with Crippen LogP contribution in [-0.2, 0) is 6.54 Å². The number of hydrogen-bond acceptors (Lipinski definition) is 1. The maximum atomic E-state index is 8.94. The lowest BCUT2D eigenvalue weighted by molar-refractivity contribution is 0.796. The first kappa shape index (κ1) is 9.29. The van der Waals surface area contributed by atoms with Crippen molar-refractivity contribution >= 4 is 26.8 Å². The Hall–Kier alpha value is -1.27. The van der Waals surface area contributed by atoms with Crippen LogP contribution in [0, 0.1) is 11.3 Å². The van der Waals surface area contributed by atoms with E-state index in [-0.39, 0.29) is 0 Å². The summed E-state index contributed by atoms with van der Waals surface area (Å²) < 4.78 is 3.13. The standard InChI is InChI=1S/C11H9BrN2/c1-2-14-7-8(6-13)10-4-3-9(12)5-11(10)14/h3-5,7H,2H2,1H3. The van der Waals surface area contributed by atoms with E-state index in [1.165, 1.54) is 0 Å². The van der Waals surface area contributed by atoms with Gasteiger partial charge < -0.3 is 4.57 Å². The van der Waals surface area contributed by atoms with Crippen LogP contribution in [0.4, 0.5) is 0 Å². The minimum atomic E-state index is 0.745. The molecule has 1 heterocycles. The fourth-order valence-corrected chi connectivity index (χ4v) is 1.96. The number of fused-ring (bicyclic) bond motifs is 1. The number of nitrogens with zero attached hydrogens (tertiary/aromatic N) is 2. The van der Waals surface area contributed by atoms with Gasteiger partial charge in [-0.25, -0.2) is 0 Å². The number of benzene rings is 1. The summed E-state index contributed by atoms with van der Waals surface area (Å²) in [4.78, 5) is 0. The number of rotatable bonds is 1. The molecule has 0 aliphatic carbocycles. The average Bonchev–Trinajstić information content (AvgIpc) is 2.55. The molecule has 0 bridgehead atoms. The molecule has 0 atom stereocenters. The van der Waals surface area contributed by atoms with Gasteiger partial charge >= 0.3 is 0 Å². The van der Waals surface area contributed by atoms with E-state index in [0.29, 0.717) is 0 Å². The molecule has 14 heavy (non-hydrogen) atoms. The molecule has 0 amide bonds. The third-order valence-corrected chi connectivity index (χ3v) is 2.80. The second-order valence-electron chi connectivity index (χ2n) is 3.10. The molecule has 0 N–H and O–H groups in total. The summed E-state index contributed by atoms with van der Waals surface area (Å²) in [7, 11) is 0. The van der Waals surface area contributed by atoms with Gasteiger partial charge in [0, 0.05) is 22.6 Å². The van der Waals surface area contributed by atoms with Gasteiger partial charge in [0.1, 0.15) is 6.07 Å². The zero-order chi connectivity index (χ0) is 10.1. The van der Waals surface area contributed by atoms with Crippen molar-refractivity contribution in [3.05, 3.63) is 34.4 Å². The van der Waals surface area contributed by atoms with E-state index in [4.69, 9.17) is 5.26 Å². The number of aryl methyl sites for hydroxylation is 1. The Labute approximate surface area is 90.9 Å². The van der Waals surface area contributed by atoms with E-state index >= 15 is 0 Å². The van der Waals surface area contributed by atoms with Crippen molar-refractivity contribution in [1.82, 2.24) is 4.57 Å². The first-order valence-electron chi connectivity index (χ1n) is 4.44. The van der Waals surface area contributed by atoms with Crippen molar-refractivity contribution in [2.75, 3.05) is 0 Å². The van der Waals surface area contributed by atoms with Crippen LogP contribution in [0.15, 0.2) is 28.9 Å². The summed E-state index contributed by atoms with van der Waals surface area (Å²) in [6.07, 6.45) is 1.90. The molecule has 0 fully saturated rings. The van der Waals surface area contributed by atoms with Crippen molar-refractivity contribution in [3.63, 3.8) is 0 Å². The molecule has 0 saturated carbocycles. The molecule has 0 unspecified atom stereocenters. The van der Waals surface area contributed by atoms with Gasteiger partial charge in [0.25, 0.3) is 0 Å². The number of halogens is 1. The third-order valence-electron chi connectivity index (χ3n) is 2.31. The predicted molar refractivity (Wildman–Crippen MR) is 60.0 cm³/mol. The molecule has 1 aromatic carbocycles. The van der Waals surface area contributed by atoms with Crippen molar-refractivity contribution < 1.29 is 0 Å². The van der Waals surface area contributed by atoms with Gasteiger partial charge in [0.2, 0.25) is 0 Å². The Morgan fingerprint density at radius 2 is 2.29 bits per heavy atom. The van der Waals surface area contributed by atoms with Gasteiger partial charge in [-0.1, -0.05) is 22.0 Å². The zero-order valence-electron chi connectivity index (χ0n) is 7.79. The topological polar surface area (TPSA) is 28.7 Å². The lowest BCUT2D eigenvalue weighted by atomic mass is 10.2. The number of aromatic nitrogens is 1. The lowest BCUT2D eigenvalue weighted by Crippen LogP contribution is -1.89. The highest BCUT2D eigenvalue weighted by Crippen LogP contribution is 2.24. The molecule has 0 aliphatic heterocycles. The molecule has 0 saturated heterocycles. The maximum absolute atomic E-state index is 8.94. The van der Waals surface area contributed by atoms with Crippen LogP contribution in [-0.4, -0.2) is 4.57 Å². The summed E-state index contributed by atoms with van der Waals surface area (Å²) in [6, 6.07) is 8.19. The highest BCUT2D eigenvalue weighted by molar-refractivity contribution is 9.10. The van der Waals surface area contributed by atoms with E-state index in [1.807, 2.05) is 24.4 Å². The van der Waals surface area contributed by atoms with Crippen molar-refractivity contribution in [3.8, 4) is 6.07 Å². The third kappa shape index (κ3) is 1.32. The molecule has 1 aromatic heterocycles. The smallest absolute Gasteiger partial charge is 0.101 e. The Kier molecular flexibility index (Phi) is 2.30. The SMILES string of the molecule is CCn1cc(C#N)c2ccc(Br)cc21. The molecule has 3 heteroatoms. The van der Waals surface area contributed by atoms with Gasteiger partial charge in [-0.2, -0.15) is 5.26 Å². The van der Waals surface area contributed by atoms with Gasteiger partial charge in [0.15, 0.2) is 0 Å². The zero-order valence-corrected chi connectivity index (χ0v) is 9.37. The van der Waals surface area contributed by atoms with E-state index in [2.05, 4.69) is 33.5 Å². The van der Waals surface area contributed by atoms with Gasteiger partial charge in [-0.15, -0.1) is 0 Å². The molecular formula is C11H9BrN2. The van der Waals surface area contributed by atoms with Crippen LogP contribution in [0.3, 0.4) is 0 Å². The highest BCUT2D eigenvalue weighted by Gasteiger charge is 2.06. The van der Waals surface area contributed by atoms with E-state index in [1.54, 1.807) is 0 Å². The molecule has 70 valence electrons. The maximum Gasteiger partial charge on any atom is 0.101 e. The summed E-state index contributed by atoms with van der Waals surface area (Å²) in [5.41, 5.74) is 1.85. The van der Waals surface area contributed by atoms with Gasteiger partial charge in [0.05, 0.1) is 11.1 Å². The Bertz CT molecular complexity index is 520.